The summed E-state index contributed by atoms with van der Waals surface area (Å²) in [4.78, 5) is 31.2. The van der Waals surface area contributed by atoms with Gasteiger partial charge in [-0.05, 0) is 43.7 Å². The monoisotopic (exact) mass is 393 g/mol. The molecular formula is C17H16ClN3O2S2. The highest BCUT2D eigenvalue weighted by Gasteiger charge is 2.18. The van der Waals surface area contributed by atoms with E-state index in [0.717, 1.165) is 10.4 Å². The molecule has 0 aliphatic carbocycles. The van der Waals surface area contributed by atoms with Crippen LogP contribution in [0.1, 0.15) is 10.4 Å². The van der Waals surface area contributed by atoms with E-state index in [2.05, 4.69) is 10.3 Å². The van der Waals surface area contributed by atoms with Gasteiger partial charge in [0.25, 0.3) is 5.56 Å². The number of rotatable bonds is 4. The molecule has 0 saturated carbocycles. The molecule has 5 nitrogen and oxygen atoms in total. The molecule has 0 atom stereocenters. The number of carbonyl (C=O) groups is 1. The minimum atomic E-state index is -0.131. The summed E-state index contributed by atoms with van der Waals surface area (Å²) in [6, 6.07) is 7.00. The van der Waals surface area contributed by atoms with Crippen LogP contribution in [-0.4, -0.2) is 28.3 Å². The number of nitrogens with one attached hydrogen (secondary N) is 1. The Morgan fingerprint density at radius 3 is 2.64 bits per heavy atom. The predicted molar refractivity (Wildman–Crippen MR) is 104 cm³/mol. The molecule has 3 rings (SSSR count). The average molecular weight is 394 g/mol. The van der Waals surface area contributed by atoms with Gasteiger partial charge in [-0.1, -0.05) is 23.4 Å². The summed E-state index contributed by atoms with van der Waals surface area (Å²) in [5, 5.41) is 4.28. The van der Waals surface area contributed by atoms with Crippen LogP contribution in [0.3, 0.4) is 0 Å². The molecule has 1 N–H and O–H groups in total. The Hall–Kier alpha value is -1.83. The quantitative estimate of drug-likeness (QED) is 0.543. The minimum Gasteiger partial charge on any atom is -0.358 e. The molecule has 0 saturated heterocycles. The van der Waals surface area contributed by atoms with Crippen molar-refractivity contribution in [2.45, 2.75) is 19.0 Å². The Kier molecular flexibility index (Phi) is 5.17. The Bertz CT molecular complexity index is 1010. The molecule has 3 aromatic rings. The summed E-state index contributed by atoms with van der Waals surface area (Å²) < 4.78 is 1.55. The molecule has 1 amide bonds. The van der Waals surface area contributed by atoms with Crippen molar-refractivity contribution >= 4 is 50.8 Å². The molecular weight excluding hydrogens is 378 g/mol. The SMILES string of the molecule is CNC(=O)CSc1nc2sc(C)c(C)c2c(=O)n1-c1ccc(Cl)cc1. The maximum atomic E-state index is 13.2. The smallest absolute Gasteiger partial charge is 0.267 e. The van der Waals surface area contributed by atoms with Crippen LogP contribution in [0, 0.1) is 13.8 Å². The zero-order chi connectivity index (χ0) is 18.1. The van der Waals surface area contributed by atoms with Crippen LogP contribution in [0.25, 0.3) is 15.9 Å². The Balaban J connectivity index is 2.24. The lowest BCUT2D eigenvalue weighted by atomic mass is 10.2. The molecule has 0 bridgehead atoms. The van der Waals surface area contributed by atoms with Gasteiger partial charge in [0.15, 0.2) is 5.16 Å². The molecule has 8 heteroatoms. The van der Waals surface area contributed by atoms with Crippen molar-refractivity contribution in [3.63, 3.8) is 0 Å². The molecule has 0 spiro atoms. The number of fused-ring (bicyclic) bond motifs is 1. The number of halogens is 1. The van der Waals surface area contributed by atoms with E-state index < -0.39 is 0 Å². The lowest BCUT2D eigenvalue weighted by molar-refractivity contribution is -0.118. The molecule has 0 aliphatic rings. The number of thiophene rings is 1. The van der Waals surface area contributed by atoms with E-state index in [1.54, 1.807) is 35.9 Å². The van der Waals surface area contributed by atoms with E-state index in [1.807, 2.05) is 13.8 Å². The molecule has 2 heterocycles. The van der Waals surface area contributed by atoms with Crippen LogP contribution >= 0.6 is 34.7 Å². The molecule has 1 aromatic carbocycles. The number of carbonyl (C=O) groups excluding carboxylic acids is 1. The number of aryl methyl sites for hydroxylation is 2. The van der Waals surface area contributed by atoms with Crippen molar-refractivity contribution < 1.29 is 4.79 Å². The van der Waals surface area contributed by atoms with Crippen molar-refractivity contribution in [3.05, 3.63) is 50.1 Å². The summed E-state index contributed by atoms with van der Waals surface area (Å²) in [5.41, 5.74) is 1.49. The number of nitrogens with zero attached hydrogens (tertiary/aromatic N) is 2. The number of thioether (sulfide) groups is 1. The third-order valence-corrected chi connectivity index (χ3v) is 6.16. The second kappa shape index (κ2) is 7.19. The van der Waals surface area contributed by atoms with Crippen LogP contribution < -0.4 is 10.9 Å². The van der Waals surface area contributed by atoms with E-state index >= 15 is 0 Å². The van der Waals surface area contributed by atoms with Crippen LogP contribution in [0.15, 0.2) is 34.2 Å². The molecule has 130 valence electrons. The first-order chi connectivity index (χ1) is 11.9. The summed E-state index contributed by atoms with van der Waals surface area (Å²) in [7, 11) is 1.58. The highest BCUT2D eigenvalue weighted by atomic mass is 35.5. The fourth-order valence-electron chi connectivity index (χ4n) is 2.39. The summed E-state index contributed by atoms with van der Waals surface area (Å²) in [6.45, 7) is 3.91. The fourth-order valence-corrected chi connectivity index (χ4v) is 4.47. The topological polar surface area (TPSA) is 64.0 Å². The Labute approximate surface area is 158 Å². The Morgan fingerprint density at radius 1 is 1.32 bits per heavy atom. The van der Waals surface area contributed by atoms with Crippen molar-refractivity contribution in [1.82, 2.24) is 14.9 Å². The van der Waals surface area contributed by atoms with Gasteiger partial charge in [-0.25, -0.2) is 4.98 Å². The van der Waals surface area contributed by atoms with Crippen LogP contribution in [0.5, 0.6) is 0 Å². The molecule has 2 aromatic heterocycles. The van der Waals surface area contributed by atoms with Gasteiger partial charge in [-0.15, -0.1) is 11.3 Å². The van der Waals surface area contributed by atoms with E-state index in [1.165, 1.54) is 23.1 Å². The van der Waals surface area contributed by atoms with Gasteiger partial charge < -0.3 is 5.32 Å². The lowest BCUT2D eigenvalue weighted by Gasteiger charge is -2.12. The van der Waals surface area contributed by atoms with E-state index in [-0.39, 0.29) is 17.2 Å². The lowest BCUT2D eigenvalue weighted by Crippen LogP contribution is -2.24. The van der Waals surface area contributed by atoms with E-state index in [0.29, 0.717) is 26.1 Å². The third kappa shape index (κ3) is 3.44. The van der Waals surface area contributed by atoms with Crippen LogP contribution in [0.4, 0.5) is 0 Å². The second-order valence-electron chi connectivity index (χ2n) is 5.44. The first-order valence-corrected chi connectivity index (χ1v) is 9.72. The van der Waals surface area contributed by atoms with Gasteiger partial charge >= 0.3 is 0 Å². The van der Waals surface area contributed by atoms with E-state index in [9.17, 15) is 9.59 Å². The Morgan fingerprint density at radius 2 is 2.00 bits per heavy atom. The predicted octanol–water partition coefficient (Wildman–Crippen LogP) is 3.56. The number of hydrogen-bond donors (Lipinski definition) is 1. The average Bonchev–Trinajstić information content (AvgIpc) is 2.88. The zero-order valence-electron chi connectivity index (χ0n) is 13.9. The van der Waals surface area contributed by atoms with Gasteiger partial charge in [0.1, 0.15) is 4.83 Å². The van der Waals surface area contributed by atoms with Crippen molar-refractivity contribution in [2.24, 2.45) is 0 Å². The molecule has 0 unspecified atom stereocenters. The fraction of sp³-hybridized carbons (Fsp3) is 0.235. The first-order valence-electron chi connectivity index (χ1n) is 7.54. The van der Waals surface area contributed by atoms with Crippen molar-refractivity contribution in [1.29, 1.82) is 0 Å². The number of amides is 1. The summed E-state index contributed by atoms with van der Waals surface area (Å²) in [6.07, 6.45) is 0. The third-order valence-electron chi connectivity index (χ3n) is 3.87. The number of hydrogen-bond acceptors (Lipinski definition) is 5. The van der Waals surface area contributed by atoms with Gasteiger partial charge in [0.2, 0.25) is 5.91 Å². The molecule has 0 fully saturated rings. The van der Waals surface area contributed by atoms with Crippen LogP contribution in [-0.2, 0) is 4.79 Å². The zero-order valence-corrected chi connectivity index (χ0v) is 16.3. The second-order valence-corrected chi connectivity index (χ2v) is 8.02. The van der Waals surface area contributed by atoms with Gasteiger partial charge in [0, 0.05) is 16.9 Å². The highest BCUT2D eigenvalue weighted by molar-refractivity contribution is 7.99. The summed E-state index contributed by atoms with van der Waals surface area (Å²) in [5.74, 6) is 0.0614. The van der Waals surface area contributed by atoms with Crippen molar-refractivity contribution in [2.75, 3.05) is 12.8 Å². The molecule has 0 radical (unpaired) electrons. The molecule has 25 heavy (non-hydrogen) atoms. The largest absolute Gasteiger partial charge is 0.358 e. The van der Waals surface area contributed by atoms with Gasteiger partial charge in [0.05, 0.1) is 16.8 Å². The highest BCUT2D eigenvalue weighted by Crippen LogP contribution is 2.29. The maximum Gasteiger partial charge on any atom is 0.267 e. The standard InChI is InChI=1S/C17H16ClN3O2S2/c1-9-10(2)25-15-14(9)16(23)21(12-6-4-11(18)5-7-12)17(20-15)24-8-13(22)19-3/h4-7H,8H2,1-3H3,(H,19,22). The molecule has 0 aliphatic heterocycles. The van der Waals surface area contributed by atoms with Crippen LogP contribution in [0.2, 0.25) is 5.02 Å². The normalized spacial score (nSPS) is 11.0. The van der Waals surface area contributed by atoms with E-state index in [4.69, 9.17) is 11.6 Å². The number of aromatic nitrogens is 2. The number of benzene rings is 1. The van der Waals surface area contributed by atoms with Crippen molar-refractivity contribution in [3.8, 4) is 5.69 Å². The summed E-state index contributed by atoms with van der Waals surface area (Å²) >= 11 is 8.69. The minimum absolute atomic E-state index is 0.124. The van der Waals surface area contributed by atoms with Gasteiger partial charge in [-0.2, -0.15) is 0 Å². The maximum absolute atomic E-state index is 13.2. The first kappa shape index (κ1) is 18.0. The van der Waals surface area contributed by atoms with Gasteiger partial charge in [-0.3, -0.25) is 14.2 Å².